The molecule has 3 nitrogen and oxygen atoms in total. The maximum Gasteiger partial charge on any atom is 0.417 e. The molecule has 1 aromatic rings. The van der Waals surface area contributed by atoms with E-state index in [2.05, 4.69) is 21.2 Å². The Morgan fingerprint density at radius 3 is 2.80 bits per heavy atom. The number of hydrogen-bond acceptors (Lipinski definition) is 2. The molecule has 1 aliphatic heterocycles. The first-order valence-electron chi connectivity index (χ1n) is 6.14. The molecule has 0 radical (unpaired) electrons. The van der Waals surface area contributed by atoms with Gasteiger partial charge in [0.25, 0.3) is 5.91 Å². The second-order valence-electron chi connectivity index (χ2n) is 4.53. The van der Waals surface area contributed by atoms with Gasteiger partial charge in [-0.15, -0.1) is 0 Å². The van der Waals surface area contributed by atoms with Crippen LogP contribution in [0, 0.1) is 0 Å². The fourth-order valence-corrected chi connectivity index (χ4v) is 2.42. The van der Waals surface area contributed by atoms with Gasteiger partial charge in [-0.2, -0.15) is 13.2 Å². The van der Waals surface area contributed by atoms with E-state index in [-0.39, 0.29) is 22.7 Å². The monoisotopic (exact) mass is 351 g/mol. The summed E-state index contributed by atoms with van der Waals surface area (Å²) in [5, 5.41) is 2.49. The highest BCUT2D eigenvalue weighted by Crippen LogP contribution is 2.33. The van der Waals surface area contributed by atoms with E-state index >= 15 is 0 Å². The molecule has 1 amide bonds. The second kappa shape index (κ2) is 6.13. The number of alkyl halides is 3. The van der Waals surface area contributed by atoms with Gasteiger partial charge in [-0.1, -0.05) is 15.9 Å². The number of ether oxygens (including phenoxy) is 1. The van der Waals surface area contributed by atoms with E-state index in [4.69, 9.17) is 4.74 Å². The van der Waals surface area contributed by atoms with Crippen LogP contribution in [0.5, 0.6) is 0 Å². The summed E-state index contributed by atoms with van der Waals surface area (Å²) in [5.74, 6) is -0.736. The summed E-state index contributed by atoms with van der Waals surface area (Å²) in [6.45, 7) is 0.860. The van der Waals surface area contributed by atoms with E-state index in [1.165, 1.54) is 6.07 Å². The average molecular weight is 352 g/mol. The maximum absolute atomic E-state index is 12.9. The Labute approximate surface area is 122 Å². The van der Waals surface area contributed by atoms with Crippen LogP contribution >= 0.6 is 15.9 Å². The van der Waals surface area contributed by atoms with Crippen LogP contribution in [0.4, 0.5) is 13.2 Å². The molecule has 1 aliphatic rings. The number of rotatable bonds is 3. The van der Waals surface area contributed by atoms with Crippen molar-refractivity contribution >= 4 is 21.8 Å². The first kappa shape index (κ1) is 15.3. The van der Waals surface area contributed by atoms with Gasteiger partial charge in [0, 0.05) is 17.6 Å². The Morgan fingerprint density at radius 2 is 2.20 bits per heavy atom. The van der Waals surface area contributed by atoms with Crippen LogP contribution in [0.15, 0.2) is 22.7 Å². The van der Waals surface area contributed by atoms with Crippen molar-refractivity contribution in [1.82, 2.24) is 5.32 Å². The molecule has 1 unspecified atom stereocenters. The first-order chi connectivity index (χ1) is 9.38. The minimum absolute atomic E-state index is 0.108. The number of benzene rings is 1. The minimum atomic E-state index is -4.57. The smallest absolute Gasteiger partial charge is 0.376 e. The summed E-state index contributed by atoms with van der Waals surface area (Å²) in [4.78, 5) is 11.9. The molecule has 1 heterocycles. The second-order valence-corrected chi connectivity index (χ2v) is 5.45. The Hall–Kier alpha value is -1.08. The highest BCUT2D eigenvalue weighted by molar-refractivity contribution is 9.10. The molecular formula is C13H13BrF3NO2. The normalized spacial score (nSPS) is 19.1. The molecule has 0 saturated carbocycles. The lowest BCUT2D eigenvalue weighted by molar-refractivity contribution is -0.138. The number of carbonyl (C=O) groups excluding carboxylic acids is 1. The van der Waals surface area contributed by atoms with Crippen molar-refractivity contribution < 1.29 is 22.7 Å². The third-order valence-corrected chi connectivity index (χ3v) is 3.54. The molecule has 1 aromatic carbocycles. The van der Waals surface area contributed by atoms with Crippen LogP contribution in [0.25, 0.3) is 0 Å². The maximum atomic E-state index is 12.9. The lowest BCUT2D eigenvalue weighted by atomic mass is 10.1. The lowest BCUT2D eigenvalue weighted by Gasteiger charge is -2.15. The number of amides is 1. The Balaban J connectivity index is 2.12. The van der Waals surface area contributed by atoms with Crippen molar-refractivity contribution in [3.05, 3.63) is 33.8 Å². The lowest BCUT2D eigenvalue weighted by Crippen LogP contribution is -2.33. The standard InChI is InChI=1S/C13H13BrF3NO2/c14-8-3-4-10(11(6-8)13(15,16)17)12(19)18-7-9-2-1-5-20-9/h3-4,6,9H,1-2,5,7H2,(H,18,19). The van der Waals surface area contributed by atoms with Crippen LogP contribution < -0.4 is 5.32 Å². The third kappa shape index (κ3) is 3.73. The van der Waals surface area contributed by atoms with Gasteiger partial charge in [0.05, 0.1) is 17.2 Å². The molecule has 0 aromatic heterocycles. The van der Waals surface area contributed by atoms with E-state index in [1.54, 1.807) is 0 Å². The number of hydrogen-bond donors (Lipinski definition) is 1. The molecule has 1 saturated heterocycles. The van der Waals surface area contributed by atoms with E-state index in [1.807, 2.05) is 0 Å². The van der Waals surface area contributed by atoms with Gasteiger partial charge >= 0.3 is 6.18 Å². The highest BCUT2D eigenvalue weighted by Gasteiger charge is 2.35. The van der Waals surface area contributed by atoms with Crippen molar-refractivity contribution in [2.45, 2.75) is 25.1 Å². The summed E-state index contributed by atoms with van der Waals surface area (Å²) >= 11 is 2.98. The van der Waals surface area contributed by atoms with E-state index < -0.39 is 17.6 Å². The summed E-state index contributed by atoms with van der Waals surface area (Å²) in [6, 6.07) is 3.48. The predicted molar refractivity (Wildman–Crippen MR) is 70.5 cm³/mol. The van der Waals surface area contributed by atoms with Crippen molar-refractivity contribution in [2.75, 3.05) is 13.2 Å². The van der Waals surface area contributed by atoms with Gasteiger partial charge in [0.1, 0.15) is 0 Å². The zero-order valence-corrected chi connectivity index (χ0v) is 12.1. The third-order valence-electron chi connectivity index (χ3n) is 3.05. The molecule has 0 aliphatic carbocycles. The van der Waals surface area contributed by atoms with Gasteiger partial charge in [-0.25, -0.2) is 0 Å². The van der Waals surface area contributed by atoms with Crippen molar-refractivity contribution in [1.29, 1.82) is 0 Å². The van der Waals surface area contributed by atoms with Gasteiger partial charge in [-0.05, 0) is 31.0 Å². The van der Waals surface area contributed by atoms with Crippen LogP contribution in [0.3, 0.4) is 0 Å². The van der Waals surface area contributed by atoms with Crippen LogP contribution in [-0.4, -0.2) is 25.2 Å². The number of carbonyl (C=O) groups is 1. The molecule has 1 atom stereocenters. The fraction of sp³-hybridized carbons (Fsp3) is 0.462. The van der Waals surface area contributed by atoms with Crippen molar-refractivity contribution in [2.24, 2.45) is 0 Å². The molecule has 0 spiro atoms. The largest absolute Gasteiger partial charge is 0.417 e. The summed E-state index contributed by atoms with van der Waals surface area (Å²) in [6.07, 6.45) is -2.96. The van der Waals surface area contributed by atoms with Crippen molar-refractivity contribution in [3.63, 3.8) is 0 Å². The Morgan fingerprint density at radius 1 is 1.45 bits per heavy atom. The quantitative estimate of drug-likeness (QED) is 0.906. The zero-order chi connectivity index (χ0) is 14.8. The van der Waals surface area contributed by atoms with Crippen molar-refractivity contribution in [3.8, 4) is 0 Å². The van der Waals surface area contributed by atoms with E-state index in [0.717, 1.165) is 25.0 Å². The summed E-state index contributed by atoms with van der Waals surface area (Å²) in [7, 11) is 0. The number of nitrogens with one attached hydrogen (secondary N) is 1. The topological polar surface area (TPSA) is 38.3 Å². The van der Waals surface area contributed by atoms with Crippen LogP contribution in [0.1, 0.15) is 28.8 Å². The fourth-order valence-electron chi connectivity index (χ4n) is 2.06. The molecular weight excluding hydrogens is 339 g/mol. The van der Waals surface area contributed by atoms with E-state index in [9.17, 15) is 18.0 Å². The first-order valence-corrected chi connectivity index (χ1v) is 6.94. The van der Waals surface area contributed by atoms with Gasteiger partial charge in [0.2, 0.25) is 0 Å². The van der Waals surface area contributed by atoms with Gasteiger partial charge < -0.3 is 10.1 Å². The summed E-state index contributed by atoms with van der Waals surface area (Å²) in [5.41, 5.74) is -1.32. The Kier molecular flexibility index (Phi) is 4.70. The van der Waals surface area contributed by atoms with Gasteiger partial charge in [-0.3, -0.25) is 4.79 Å². The predicted octanol–water partition coefficient (Wildman–Crippen LogP) is 3.38. The molecule has 2 rings (SSSR count). The molecule has 7 heteroatoms. The molecule has 1 N–H and O–H groups in total. The van der Waals surface area contributed by atoms with Crippen LogP contribution in [-0.2, 0) is 10.9 Å². The molecule has 0 bridgehead atoms. The van der Waals surface area contributed by atoms with Crippen LogP contribution in [0.2, 0.25) is 0 Å². The minimum Gasteiger partial charge on any atom is -0.376 e. The highest BCUT2D eigenvalue weighted by atomic mass is 79.9. The number of halogens is 4. The Bertz CT molecular complexity index is 499. The molecule has 20 heavy (non-hydrogen) atoms. The zero-order valence-electron chi connectivity index (χ0n) is 10.5. The van der Waals surface area contributed by atoms with E-state index in [0.29, 0.717) is 6.61 Å². The summed E-state index contributed by atoms with van der Waals surface area (Å²) < 4.78 is 44.3. The average Bonchev–Trinajstić information content (AvgIpc) is 2.88. The SMILES string of the molecule is O=C(NCC1CCCO1)c1ccc(Br)cc1C(F)(F)F. The molecule has 1 fully saturated rings. The van der Waals surface area contributed by atoms with Gasteiger partial charge in [0.15, 0.2) is 0 Å². The molecule has 110 valence electrons.